The molecule has 0 bridgehead atoms. The Hall–Kier alpha value is -2.46. The molecule has 27 heavy (non-hydrogen) atoms. The largest absolute Gasteiger partial charge is 0.452 e. The molecule has 10 heteroatoms. The van der Waals surface area contributed by atoms with Crippen molar-refractivity contribution in [2.75, 3.05) is 32.8 Å². The van der Waals surface area contributed by atoms with Crippen molar-refractivity contribution in [3.05, 3.63) is 29.8 Å². The Kier molecular flexibility index (Phi) is 8.89. The van der Waals surface area contributed by atoms with Gasteiger partial charge in [-0.3, -0.25) is 9.59 Å². The van der Waals surface area contributed by atoms with E-state index in [9.17, 15) is 22.8 Å². The maximum atomic E-state index is 12.5. The summed E-state index contributed by atoms with van der Waals surface area (Å²) in [5, 5.41) is 4.82. The number of carbonyl (C=O) groups excluding carboxylic acids is 3. The van der Waals surface area contributed by atoms with Crippen LogP contribution < -0.4 is 10.6 Å². The van der Waals surface area contributed by atoms with E-state index >= 15 is 0 Å². The van der Waals surface area contributed by atoms with Gasteiger partial charge in [-0.25, -0.2) is 13.2 Å². The van der Waals surface area contributed by atoms with E-state index in [2.05, 4.69) is 10.6 Å². The van der Waals surface area contributed by atoms with Gasteiger partial charge in [-0.2, -0.15) is 4.31 Å². The van der Waals surface area contributed by atoms with Gasteiger partial charge in [-0.05, 0) is 25.1 Å². The molecule has 0 aromatic heterocycles. The summed E-state index contributed by atoms with van der Waals surface area (Å²) in [7, 11) is -3.71. The molecule has 0 unspecified atom stereocenters. The minimum atomic E-state index is -3.71. The summed E-state index contributed by atoms with van der Waals surface area (Å²) in [5.41, 5.74) is 0.0137. The maximum Gasteiger partial charge on any atom is 0.338 e. The molecule has 0 heterocycles. The van der Waals surface area contributed by atoms with Gasteiger partial charge in [-0.15, -0.1) is 0 Å². The summed E-state index contributed by atoms with van der Waals surface area (Å²) < 4.78 is 31.2. The number of benzene rings is 1. The van der Waals surface area contributed by atoms with E-state index in [-0.39, 0.29) is 22.9 Å². The molecule has 2 N–H and O–H groups in total. The molecule has 0 saturated heterocycles. The molecule has 0 aliphatic rings. The van der Waals surface area contributed by atoms with Gasteiger partial charge in [0.15, 0.2) is 6.61 Å². The van der Waals surface area contributed by atoms with Crippen LogP contribution in [-0.2, 0) is 24.3 Å². The highest BCUT2D eigenvalue weighted by atomic mass is 32.2. The maximum absolute atomic E-state index is 12.5. The number of amides is 2. The third-order valence-corrected chi connectivity index (χ3v) is 5.61. The van der Waals surface area contributed by atoms with Crippen LogP contribution in [0.4, 0.5) is 0 Å². The van der Waals surface area contributed by atoms with Crippen molar-refractivity contribution < 1.29 is 27.5 Å². The van der Waals surface area contributed by atoms with E-state index in [1.165, 1.54) is 28.6 Å². The van der Waals surface area contributed by atoms with E-state index in [0.717, 1.165) is 0 Å². The molecule has 0 saturated carbocycles. The monoisotopic (exact) mass is 399 g/mol. The highest BCUT2D eigenvalue weighted by molar-refractivity contribution is 7.89. The first-order valence-electron chi connectivity index (χ1n) is 8.56. The predicted octanol–water partition coefficient (Wildman–Crippen LogP) is 0.126. The summed E-state index contributed by atoms with van der Waals surface area (Å²) >= 11 is 0. The molecule has 1 aromatic carbocycles. The van der Waals surface area contributed by atoms with E-state index in [0.29, 0.717) is 19.6 Å². The second-order valence-corrected chi connectivity index (χ2v) is 7.36. The molecule has 150 valence electrons. The second-order valence-electron chi connectivity index (χ2n) is 5.42. The third kappa shape index (κ3) is 6.65. The number of esters is 1. The normalized spacial score (nSPS) is 11.1. The zero-order chi connectivity index (χ0) is 20.4. The lowest BCUT2D eigenvalue weighted by atomic mass is 10.2. The number of nitrogens with one attached hydrogen (secondary N) is 2. The van der Waals surface area contributed by atoms with Crippen LogP contribution in [0, 0.1) is 0 Å². The van der Waals surface area contributed by atoms with E-state index in [4.69, 9.17) is 4.74 Å². The molecule has 9 nitrogen and oxygen atoms in total. The Labute approximate surface area is 159 Å². The van der Waals surface area contributed by atoms with Gasteiger partial charge >= 0.3 is 5.97 Å². The van der Waals surface area contributed by atoms with Crippen LogP contribution in [0.5, 0.6) is 0 Å². The fourth-order valence-electron chi connectivity index (χ4n) is 2.20. The van der Waals surface area contributed by atoms with E-state index in [1.807, 2.05) is 0 Å². The van der Waals surface area contributed by atoms with Crippen LogP contribution in [0.3, 0.4) is 0 Å². The Morgan fingerprint density at radius 2 is 1.70 bits per heavy atom. The van der Waals surface area contributed by atoms with Crippen molar-refractivity contribution in [2.24, 2.45) is 0 Å². The Bertz CT molecular complexity index is 775. The fraction of sp³-hybridized carbons (Fsp3) is 0.471. The van der Waals surface area contributed by atoms with Crippen molar-refractivity contribution in [2.45, 2.75) is 25.7 Å². The fourth-order valence-corrected chi connectivity index (χ4v) is 3.70. The molecule has 0 aliphatic heterocycles. The molecule has 1 rings (SSSR count). The van der Waals surface area contributed by atoms with Crippen molar-refractivity contribution >= 4 is 27.8 Å². The molecule has 0 aliphatic carbocycles. The lowest BCUT2D eigenvalue weighted by molar-refractivity contribution is -0.127. The number of likely N-dealkylation sites (N-methyl/N-ethyl adjacent to an activating group) is 1. The SMILES string of the molecule is CCNC(=O)CNC(=O)COC(=O)c1cccc(S(=O)(=O)N(CC)CC)c1. The van der Waals surface area contributed by atoms with Gasteiger partial charge in [-0.1, -0.05) is 19.9 Å². The smallest absolute Gasteiger partial charge is 0.338 e. The quantitative estimate of drug-likeness (QED) is 0.539. The summed E-state index contributed by atoms with van der Waals surface area (Å²) in [6.45, 7) is 5.44. The van der Waals surface area contributed by atoms with Gasteiger partial charge in [0.1, 0.15) is 0 Å². The molecule has 2 amide bonds. The zero-order valence-corrected chi connectivity index (χ0v) is 16.5. The second kappa shape index (κ2) is 10.6. The number of nitrogens with zero attached hydrogens (tertiary/aromatic N) is 1. The molecule has 1 aromatic rings. The zero-order valence-electron chi connectivity index (χ0n) is 15.6. The van der Waals surface area contributed by atoms with Crippen LogP contribution in [-0.4, -0.2) is 63.3 Å². The van der Waals surface area contributed by atoms with Crippen LogP contribution in [0.2, 0.25) is 0 Å². The average molecular weight is 399 g/mol. The van der Waals surface area contributed by atoms with Crippen LogP contribution in [0.15, 0.2) is 29.2 Å². The number of rotatable bonds is 10. The van der Waals surface area contributed by atoms with Crippen LogP contribution >= 0.6 is 0 Å². The molecule has 0 radical (unpaired) electrons. The number of hydrogen-bond donors (Lipinski definition) is 2. The molecule has 0 spiro atoms. The van der Waals surface area contributed by atoms with E-state index in [1.54, 1.807) is 20.8 Å². The predicted molar refractivity (Wildman–Crippen MR) is 98.5 cm³/mol. The first-order chi connectivity index (χ1) is 12.8. The Morgan fingerprint density at radius 3 is 2.30 bits per heavy atom. The van der Waals surface area contributed by atoms with Crippen molar-refractivity contribution in [3.8, 4) is 0 Å². The highest BCUT2D eigenvalue weighted by Crippen LogP contribution is 2.17. The molecular formula is C17H25N3O6S. The highest BCUT2D eigenvalue weighted by Gasteiger charge is 2.23. The van der Waals surface area contributed by atoms with E-state index < -0.39 is 28.5 Å². The Balaban J connectivity index is 2.72. The van der Waals surface area contributed by atoms with Gasteiger partial charge in [0, 0.05) is 19.6 Å². The first-order valence-corrected chi connectivity index (χ1v) is 10.0. The average Bonchev–Trinajstić information content (AvgIpc) is 2.65. The van der Waals surface area contributed by atoms with Crippen molar-refractivity contribution in [1.82, 2.24) is 14.9 Å². The van der Waals surface area contributed by atoms with Gasteiger partial charge in [0.2, 0.25) is 15.9 Å². The standard InChI is InChI=1S/C17H25N3O6S/c1-4-18-15(21)11-19-16(22)12-26-17(23)13-8-7-9-14(10-13)27(24,25)20(5-2)6-3/h7-10H,4-6,11-12H2,1-3H3,(H,18,21)(H,19,22). The third-order valence-electron chi connectivity index (χ3n) is 3.57. The number of hydrogen-bond acceptors (Lipinski definition) is 6. The van der Waals surface area contributed by atoms with Gasteiger partial charge in [0.05, 0.1) is 17.0 Å². The number of sulfonamides is 1. The van der Waals surface area contributed by atoms with Crippen molar-refractivity contribution in [3.63, 3.8) is 0 Å². The van der Waals surface area contributed by atoms with Crippen molar-refractivity contribution in [1.29, 1.82) is 0 Å². The van der Waals surface area contributed by atoms with Crippen LogP contribution in [0.25, 0.3) is 0 Å². The topological polar surface area (TPSA) is 122 Å². The van der Waals surface area contributed by atoms with Crippen LogP contribution in [0.1, 0.15) is 31.1 Å². The lowest BCUT2D eigenvalue weighted by Gasteiger charge is -2.18. The summed E-state index contributed by atoms with van der Waals surface area (Å²) in [5.74, 6) is -1.83. The number of carbonyl (C=O) groups is 3. The lowest BCUT2D eigenvalue weighted by Crippen LogP contribution is -2.38. The first kappa shape index (κ1) is 22.6. The molecule has 0 atom stereocenters. The van der Waals surface area contributed by atoms with Gasteiger partial charge in [0.25, 0.3) is 5.91 Å². The minimum absolute atomic E-state index is 0.0137. The molecule has 0 fully saturated rings. The molecular weight excluding hydrogens is 374 g/mol. The summed E-state index contributed by atoms with van der Waals surface area (Å²) in [6, 6.07) is 5.43. The van der Waals surface area contributed by atoms with Gasteiger partial charge < -0.3 is 15.4 Å². The Morgan fingerprint density at radius 1 is 1.04 bits per heavy atom. The minimum Gasteiger partial charge on any atom is -0.452 e. The number of ether oxygens (including phenoxy) is 1. The summed E-state index contributed by atoms with van der Waals surface area (Å²) in [4.78, 5) is 34.9. The summed E-state index contributed by atoms with van der Waals surface area (Å²) in [6.07, 6.45) is 0.